The minimum absolute atomic E-state index is 0.0571. The molecule has 2 aliphatic rings. The zero-order valence-corrected chi connectivity index (χ0v) is 50.7. The fraction of sp³-hybridized carbons (Fsp3) is 0.242. The molecule has 4 atom stereocenters. The van der Waals surface area contributed by atoms with E-state index in [1.54, 1.807) is 79.2 Å². The van der Waals surface area contributed by atoms with Gasteiger partial charge in [0.05, 0.1) is 32.2 Å². The Kier molecular flexibility index (Phi) is 22.6. The first-order chi connectivity index (χ1) is 41.3. The van der Waals surface area contributed by atoms with Crippen molar-refractivity contribution in [3.63, 3.8) is 0 Å². The number of piperidine rings is 1. The second-order valence-electron chi connectivity index (χ2n) is 20.7. The van der Waals surface area contributed by atoms with Crippen LogP contribution in [0.5, 0.6) is 5.75 Å². The number of thiazole rings is 1. The van der Waals surface area contributed by atoms with Crippen LogP contribution in [0.25, 0.3) is 21.0 Å². The number of carbonyl (C=O) groups excluding carboxylic acids is 4. The summed E-state index contributed by atoms with van der Waals surface area (Å²) < 4.78 is 7.79. The number of thioether (sulfide) groups is 1. The number of nitrogens with two attached hydrogens (primary N) is 1. The highest BCUT2D eigenvalue weighted by Crippen LogP contribution is 2.32. The van der Waals surface area contributed by atoms with Crippen LogP contribution in [-0.4, -0.2) is 94.7 Å². The zero-order valence-electron chi connectivity index (χ0n) is 46.8. The molecule has 438 valence electrons. The zero-order chi connectivity index (χ0) is 59.5. The van der Waals surface area contributed by atoms with Gasteiger partial charge in [0.1, 0.15) is 24.4 Å². The molecule has 4 heterocycles. The second kappa shape index (κ2) is 31.0. The molecule has 2 aliphatic heterocycles. The van der Waals surface area contributed by atoms with Gasteiger partial charge in [-0.25, -0.2) is 4.98 Å². The number of nitrogens with zero attached hydrogens (tertiary/aromatic N) is 3. The lowest BCUT2D eigenvalue weighted by Crippen LogP contribution is -2.52. The van der Waals surface area contributed by atoms with E-state index >= 15 is 0 Å². The van der Waals surface area contributed by atoms with Crippen LogP contribution in [0.1, 0.15) is 59.2 Å². The summed E-state index contributed by atoms with van der Waals surface area (Å²) in [6.07, 6.45) is 6.80. The molecule has 0 saturated carbocycles. The molecule has 4 amide bonds. The Hall–Kier alpha value is -7.54. The molecule has 2 fully saturated rings. The van der Waals surface area contributed by atoms with E-state index in [4.69, 9.17) is 45.3 Å². The number of benzene rings is 7. The van der Waals surface area contributed by atoms with Gasteiger partial charge in [0, 0.05) is 72.2 Å². The Labute approximate surface area is 518 Å². The van der Waals surface area contributed by atoms with Crippen LogP contribution in [-0.2, 0) is 27.3 Å². The van der Waals surface area contributed by atoms with Gasteiger partial charge in [0.2, 0.25) is 17.7 Å². The molecular weight excluding hydrogens is 1170 g/mol. The molecule has 9 aromatic rings. The number of carbonyl (C=O) groups is 4. The largest absolute Gasteiger partial charge is 0.490 e. The SMILES string of the molecule is C[C@H](NC(=O)[C@H](Cc1ccc(Cl)cc1)NC(=O)c1ccc2ccccc2c1)C(=O)Nc1ccccc1.Nc1ccc2sc(SCC(=O)NC3CCN(Cc4ccc(Cl)c(Cl)c4)CC3)nc2c1.c1ccc([C@@H]2CCN[C@H]2COc2cccnc2)cc1. The molecule has 0 spiro atoms. The van der Waals surface area contributed by atoms with Crippen LogP contribution < -0.4 is 37.1 Å². The van der Waals surface area contributed by atoms with E-state index < -0.39 is 18.0 Å². The Morgan fingerprint density at radius 1 is 0.753 bits per heavy atom. The van der Waals surface area contributed by atoms with Crippen molar-refractivity contribution < 1.29 is 23.9 Å². The number of halogens is 3. The van der Waals surface area contributed by atoms with E-state index in [1.807, 2.05) is 97.1 Å². The minimum Gasteiger partial charge on any atom is -0.490 e. The van der Waals surface area contributed by atoms with Crippen LogP contribution in [0.2, 0.25) is 15.1 Å². The van der Waals surface area contributed by atoms with Crippen molar-refractivity contribution in [1.29, 1.82) is 0 Å². The van der Waals surface area contributed by atoms with E-state index in [9.17, 15) is 19.2 Å². The number of anilines is 2. The van der Waals surface area contributed by atoms with Crippen LogP contribution in [0, 0.1) is 0 Å². The van der Waals surface area contributed by atoms with Gasteiger partial charge in [-0.1, -0.05) is 144 Å². The summed E-state index contributed by atoms with van der Waals surface area (Å²) in [6.45, 7) is 6.07. The van der Waals surface area contributed by atoms with Gasteiger partial charge < -0.3 is 37.1 Å². The molecule has 7 aromatic carbocycles. The smallest absolute Gasteiger partial charge is 0.251 e. The third-order valence-electron chi connectivity index (χ3n) is 14.5. The number of ether oxygens (including phenoxy) is 1. The molecule has 7 N–H and O–H groups in total. The molecule has 19 heteroatoms. The van der Waals surface area contributed by atoms with Gasteiger partial charge in [-0.15, -0.1) is 11.3 Å². The summed E-state index contributed by atoms with van der Waals surface area (Å²) in [7, 11) is 0. The van der Waals surface area contributed by atoms with E-state index in [0.29, 0.717) is 56.3 Å². The van der Waals surface area contributed by atoms with Gasteiger partial charge in [0.25, 0.3) is 5.91 Å². The first kappa shape index (κ1) is 62.0. The van der Waals surface area contributed by atoms with Gasteiger partial charge in [-0.2, -0.15) is 0 Å². The highest BCUT2D eigenvalue weighted by atomic mass is 35.5. The molecule has 0 unspecified atom stereocenters. The first-order valence-corrected chi connectivity index (χ1v) is 31.0. The number of nitrogens with one attached hydrogen (secondary N) is 5. The highest BCUT2D eigenvalue weighted by Gasteiger charge is 2.29. The molecule has 11 rings (SSSR count). The number of rotatable bonds is 18. The number of likely N-dealkylation sites (tertiary alicyclic amines) is 1. The van der Waals surface area contributed by atoms with Gasteiger partial charge in [0.15, 0.2) is 4.34 Å². The molecule has 2 aromatic heterocycles. The predicted octanol–water partition coefficient (Wildman–Crippen LogP) is 12.6. The summed E-state index contributed by atoms with van der Waals surface area (Å²) in [5, 5.41) is 18.7. The average Bonchev–Trinajstić information content (AvgIpc) is 4.43. The topological polar surface area (TPSA) is 193 Å². The van der Waals surface area contributed by atoms with Gasteiger partial charge >= 0.3 is 0 Å². The Morgan fingerprint density at radius 2 is 1.48 bits per heavy atom. The van der Waals surface area contributed by atoms with Crippen molar-refractivity contribution >= 4 is 114 Å². The lowest BCUT2D eigenvalue weighted by Gasteiger charge is -2.32. The number of nitrogen functional groups attached to an aromatic ring is 1. The Bertz CT molecular complexity index is 3660. The molecular formula is C66H66Cl3N9O5S2. The number of pyridine rings is 1. The fourth-order valence-corrected chi connectivity index (χ4v) is 12.3. The first-order valence-electron chi connectivity index (χ1n) is 28.0. The van der Waals surface area contributed by atoms with Crippen molar-refractivity contribution in [2.45, 2.75) is 73.6 Å². The highest BCUT2D eigenvalue weighted by molar-refractivity contribution is 8.01. The van der Waals surface area contributed by atoms with Crippen molar-refractivity contribution in [2.24, 2.45) is 0 Å². The summed E-state index contributed by atoms with van der Waals surface area (Å²) in [4.78, 5) is 62.3. The standard InChI is InChI=1S/C29H26ClN3O3.C21H22Cl2N4OS2.C16H18N2O/c1-19(27(34)32-25-9-3-2-4-10-25)31-29(36)26(17-20-11-15-24(30)16-12-20)33-28(35)23-14-13-21-7-5-6-8-22(21)18-23;22-16-3-1-13(9-17(16)23)11-27-7-5-15(6-8-27)25-20(28)12-29-21-26-18-10-14(24)2-4-19(18)30-21;1-2-5-13(6-3-1)15-8-10-18-16(15)12-19-14-7-4-9-17-11-14/h2-16,18-19,26H,17H2,1H3,(H,31,36)(H,32,34)(H,33,35);1-4,9-10,15H,5-8,11-12,24H2,(H,25,28);1-7,9,11,15-16,18H,8,10,12H2/t19-,26-;;15-,16-/m0.0/s1. The minimum atomic E-state index is -0.905. The summed E-state index contributed by atoms with van der Waals surface area (Å²) in [5.74, 6) is 0.605. The van der Waals surface area contributed by atoms with Crippen molar-refractivity contribution in [3.8, 4) is 5.75 Å². The second-order valence-corrected chi connectivity index (χ2v) is 24.2. The quantitative estimate of drug-likeness (QED) is 0.0354. The third kappa shape index (κ3) is 18.7. The van der Waals surface area contributed by atoms with Crippen molar-refractivity contribution in [1.82, 2.24) is 36.1 Å². The Morgan fingerprint density at radius 3 is 2.22 bits per heavy atom. The lowest BCUT2D eigenvalue weighted by atomic mass is 9.92. The lowest BCUT2D eigenvalue weighted by molar-refractivity contribution is -0.127. The normalized spacial score (nSPS) is 15.7. The molecule has 0 bridgehead atoms. The van der Waals surface area contributed by atoms with E-state index in [1.165, 1.54) is 23.7 Å². The monoisotopic (exact) mass is 1230 g/mol. The molecule has 0 radical (unpaired) electrons. The predicted molar refractivity (Wildman–Crippen MR) is 346 cm³/mol. The van der Waals surface area contributed by atoms with Crippen LogP contribution >= 0.6 is 57.9 Å². The van der Waals surface area contributed by atoms with Gasteiger partial charge in [-0.3, -0.25) is 29.1 Å². The van der Waals surface area contributed by atoms with Crippen LogP contribution in [0.3, 0.4) is 0 Å². The molecule has 14 nitrogen and oxygen atoms in total. The maximum absolute atomic E-state index is 13.2. The number of fused-ring (bicyclic) bond motifs is 2. The van der Waals surface area contributed by atoms with E-state index in [0.717, 1.165) is 81.2 Å². The number of hydrogen-bond donors (Lipinski definition) is 6. The molecule has 0 aliphatic carbocycles. The summed E-state index contributed by atoms with van der Waals surface area (Å²) in [5.41, 5.74) is 11.8. The van der Waals surface area contributed by atoms with Crippen LogP contribution in [0.4, 0.5) is 11.4 Å². The maximum atomic E-state index is 13.2. The van der Waals surface area contributed by atoms with Crippen molar-refractivity contribution in [2.75, 3.05) is 43.0 Å². The number of hydrogen-bond acceptors (Lipinski definition) is 12. The number of amides is 4. The van der Waals surface area contributed by atoms with Gasteiger partial charge in [-0.05, 0) is 139 Å². The molecule has 85 heavy (non-hydrogen) atoms. The van der Waals surface area contributed by atoms with E-state index in [2.05, 4.69) is 71.8 Å². The molecule has 2 saturated heterocycles. The third-order valence-corrected chi connectivity index (χ3v) is 17.7. The van der Waals surface area contributed by atoms with Crippen LogP contribution in [0.15, 0.2) is 193 Å². The summed E-state index contributed by atoms with van der Waals surface area (Å²) in [6, 6.07) is 54.0. The number of para-hydroxylation sites is 1. The Balaban J connectivity index is 0.000000159. The van der Waals surface area contributed by atoms with E-state index in [-0.39, 0.29) is 30.2 Å². The van der Waals surface area contributed by atoms with Crippen molar-refractivity contribution in [3.05, 3.63) is 226 Å². The number of aromatic nitrogens is 2. The average molecular weight is 1240 g/mol. The summed E-state index contributed by atoms with van der Waals surface area (Å²) >= 11 is 21.2. The fourth-order valence-electron chi connectivity index (χ4n) is 9.96. The maximum Gasteiger partial charge on any atom is 0.251 e.